The lowest BCUT2D eigenvalue weighted by Crippen LogP contribution is -2.31. The van der Waals surface area contributed by atoms with E-state index in [1.165, 1.54) is 12.3 Å². The Morgan fingerprint density at radius 3 is 2.55 bits per heavy atom. The maximum Gasteiger partial charge on any atom is 0.357 e. The highest BCUT2D eigenvalue weighted by atomic mass is 16.5. The summed E-state index contributed by atoms with van der Waals surface area (Å²) in [4.78, 5) is 27.2. The van der Waals surface area contributed by atoms with Gasteiger partial charge in [-0.15, -0.1) is 0 Å². The van der Waals surface area contributed by atoms with Crippen LogP contribution in [0.25, 0.3) is 0 Å². The molecule has 0 aliphatic heterocycles. The summed E-state index contributed by atoms with van der Waals surface area (Å²) in [6.07, 6.45) is 1.50. The number of esters is 1. The van der Waals surface area contributed by atoms with Gasteiger partial charge in [-0.3, -0.25) is 4.79 Å². The third-order valence-corrected chi connectivity index (χ3v) is 3.18. The van der Waals surface area contributed by atoms with Crippen molar-refractivity contribution in [3.05, 3.63) is 66.0 Å². The summed E-state index contributed by atoms with van der Waals surface area (Å²) < 4.78 is 4.91. The fourth-order valence-corrected chi connectivity index (χ4v) is 1.91. The number of pyridine rings is 1. The minimum atomic E-state index is -0.605. The smallest absolute Gasteiger partial charge is 0.357 e. The van der Waals surface area contributed by atoms with E-state index in [-0.39, 0.29) is 24.1 Å². The van der Waals surface area contributed by atoms with Gasteiger partial charge in [-0.1, -0.05) is 43.3 Å². The number of nitrogens with one attached hydrogen (secondary N) is 1. The monoisotopic (exact) mass is 298 g/mol. The molecule has 1 amide bonds. The van der Waals surface area contributed by atoms with E-state index in [1.807, 2.05) is 37.3 Å². The SMILES string of the molecule is C[C@@H](CNC(=O)COC(=O)c1ccccn1)c1ccccc1. The van der Waals surface area contributed by atoms with Gasteiger partial charge >= 0.3 is 5.97 Å². The quantitative estimate of drug-likeness (QED) is 0.830. The molecule has 5 nitrogen and oxygen atoms in total. The van der Waals surface area contributed by atoms with Gasteiger partial charge in [0.05, 0.1) is 0 Å². The van der Waals surface area contributed by atoms with Gasteiger partial charge in [-0.25, -0.2) is 9.78 Å². The van der Waals surface area contributed by atoms with E-state index in [4.69, 9.17) is 4.74 Å². The zero-order valence-electron chi connectivity index (χ0n) is 12.4. The highest BCUT2D eigenvalue weighted by Crippen LogP contribution is 2.12. The molecule has 0 bridgehead atoms. The predicted molar refractivity (Wildman–Crippen MR) is 82.4 cm³/mol. The first-order valence-corrected chi connectivity index (χ1v) is 7.06. The largest absolute Gasteiger partial charge is 0.451 e. The molecule has 1 aromatic carbocycles. The molecule has 1 heterocycles. The summed E-state index contributed by atoms with van der Waals surface area (Å²) in [7, 11) is 0. The molecule has 1 aromatic heterocycles. The van der Waals surface area contributed by atoms with Gasteiger partial charge in [0.2, 0.25) is 0 Å². The Kier molecular flexibility index (Phi) is 5.65. The molecule has 0 saturated carbocycles. The number of hydrogen-bond donors (Lipinski definition) is 1. The minimum absolute atomic E-state index is 0.188. The summed E-state index contributed by atoms with van der Waals surface area (Å²) in [6.45, 7) is 2.20. The van der Waals surface area contributed by atoms with Crippen molar-refractivity contribution < 1.29 is 14.3 Å². The summed E-state index contributed by atoms with van der Waals surface area (Å²) in [5.41, 5.74) is 1.33. The van der Waals surface area contributed by atoms with Crippen LogP contribution in [-0.4, -0.2) is 30.0 Å². The summed E-state index contributed by atoms with van der Waals surface area (Å²) in [5, 5.41) is 2.75. The molecule has 0 unspecified atom stereocenters. The van der Waals surface area contributed by atoms with Gasteiger partial charge in [0.25, 0.3) is 5.91 Å². The molecular weight excluding hydrogens is 280 g/mol. The van der Waals surface area contributed by atoms with Gasteiger partial charge < -0.3 is 10.1 Å². The van der Waals surface area contributed by atoms with Crippen molar-refractivity contribution in [2.75, 3.05) is 13.2 Å². The molecule has 0 saturated heterocycles. The van der Waals surface area contributed by atoms with Crippen molar-refractivity contribution in [2.45, 2.75) is 12.8 Å². The Morgan fingerprint density at radius 2 is 1.86 bits per heavy atom. The third kappa shape index (κ3) is 4.70. The molecule has 2 aromatic rings. The fourth-order valence-electron chi connectivity index (χ4n) is 1.91. The average Bonchev–Trinajstić information content (AvgIpc) is 2.59. The molecule has 5 heteroatoms. The number of benzene rings is 1. The molecule has 2 rings (SSSR count). The van der Waals surface area contributed by atoms with E-state index < -0.39 is 5.97 Å². The highest BCUT2D eigenvalue weighted by Gasteiger charge is 2.12. The van der Waals surface area contributed by atoms with Crippen LogP contribution in [0.4, 0.5) is 0 Å². The zero-order chi connectivity index (χ0) is 15.8. The summed E-state index contributed by atoms with van der Waals surface area (Å²) in [5.74, 6) is -0.740. The average molecular weight is 298 g/mol. The molecule has 0 aliphatic rings. The van der Waals surface area contributed by atoms with Crippen molar-refractivity contribution in [3.63, 3.8) is 0 Å². The molecule has 0 radical (unpaired) electrons. The first-order valence-electron chi connectivity index (χ1n) is 7.06. The van der Waals surface area contributed by atoms with Crippen LogP contribution in [0.15, 0.2) is 54.7 Å². The van der Waals surface area contributed by atoms with E-state index in [0.29, 0.717) is 6.54 Å². The Hall–Kier alpha value is -2.69. The van der Waals surface area contributed by atoms with Gasteiger partial charge in [-0.05, 0) is 23.6 Å². The van der Waals surface area contributed by atoms with Crippen LogP contribution in [0, 0.1) is 0 Å². The number of hydrogen-bond acceptors (Lipinski definition) is 4. The van der Waals surface area contributed by atoms with E-state index >= 15 is 0 Å². The number of nitrogens with zero attached hydrogens (tertiary/aromatic N) is 1. The van der Waals surface area contributed by atoms with Crippen molar-refractivity contribution in [3.8, 4) is 0 Å². The number of aromatic nitrogens is 1. The second kappa shape index (κ2) is 7.93. The molecule has 0 aliphatic carbocycles. The molecule has 114 valence electrons. The van der Waals surface area contributed by atoms with Gasteiger partial charge in [0.15, 0.2) is 6.61 Å². The van der Waals surface area contributed by atoms with E-state index in [1.54, 1.807) is 12.1 Å². The van der Waals surface area contributed by atoms with Crippen LogP contribution < -0.4 is 5.32 Å². The fraction of sp³-hybridized carbons (Fsp3) is 0.235. The van der Waals surface area contributed by atoms with Crippen LogP contribution in [0.3, 0.4) is 0 Å². The number of carbonyl (C=O) groups is 2. The number of amides is 1. The summed E-state index contributed by atoms with van der Waals surface area (Å²) >= 11 is 0. The normalized spacial score (nSPS) is 11.5. The van der Waals surface area contributed by atoms with Gasteiger partial charge in [0.1, 0.15) is 5.69 Å². The van der Waals surface area contributed by atoms with Crippen molar-refractivity contribution in [2.24, 2.45) is 0 Å². The molecule has 1 N–H and O–H groups in total. The third-order valence-electron chi connectivity index (χ3n) is 3.18. The maximum absolute atomic E-state index is 11.7. The Balaban J connectivity index is 1.73. The summed E-state index contributed by atoms with van der Waals surface area (Å²) in [6, 6.07) is 14.8. The lowest BCUT2D eigenvalue weighted by molar-refractivity contribution is -0.124. The zero-order valence-corrected chi connectivity index (χ0v) is 12.4. The van der Waals surface area contributed by atoms with Crippen molar-refractivity contribution in [1.82, 2.24) is 10.3 Å². The van der Waals surface area contributed by atoms with E-state index in [0.717, 1.165) is 5.56 Å². The minimum Gasteiger partial charge on any atom is -0.451 e. The molecular formula is C17H18N2O3. The number of carbonyl (C=O) groups excluding carboxylic acids is 2. The topological polar surface area (TPSA) is 68.3 Å². The predicted octanol–water partition coefficient (Wildman–Crippen LogP) is 2.16. The number of rotatable bonds is 6. The van der Waals surface area contributed by atoms with Crippen LogP contribution in [0.5, 0.6) is 0 Å². The van der Waals surface area contributed by atoms with Crippen LogP contribution >= 0.6 is 0 Å². The van der Waals surface area contributed by atoms with Crippen molar-refractivity contribution in [1.29, 1.82) is 0 Å². The molecule has 0 spiro atoms. The first kappa shape index (κ1) is 15.7. The van der Waals surface area contributed by atoms with Crippen LogP contribution in [0.1, 0.15) is 28.9 Å². The highest BCUT2D eigenvalue weighted by molar-refractivity contribution is 5.89. The molecule has 1 atom stereocenters. The second-order valence-corrected chi connectivity index (χ2v) is 4.91. The lowest BCUT2D eigenvalue weighted by Gasteiger charge is -2.13. The van der Waals surface area contributed by atoms with Crippen LogP contribution in [-0.2, 0) is 9.53 Å². The lowest BCUT2D eigenvalue weighted by atomic mass is 10.0. The van der Waals surface area contributed by atoms with Gasteiger partial charge in [-0.2, -0.15) is 0 Å². The standard InChI is InChI=1S/C17H18N2O3/c1-13(14-7-3-2-4-8-14)11-19-16(20)12-22-17(21)15-9-5-6-10-18-15/h2-10,13H,11-12H2,1H3,(H,19,20)/t13-/m0/s1. The van der Waals surface area contributed by atoms with Crippen molar-refractivity contribution >= 4 is 11.9 Å². The first-order chi connectivity index (χ1) is 10.7. The van der Waals surface area contributed by atoms with E-state index in [2.05, 4.69) is 10.3 Å². The Morgan fingerprint density at radius 1 is 1.14 bits per heavy atom. The Labute approximate surface area is 129 Å². The van der Waals surface area contributed by atoms with E-state index in [9.17, 15) is 9.59 Å². The van der Waals surface area contributed by atoms with Crippen LogP contribution in [0.2, 0.25) is 0 Å². The van der Waals surface area contributed by atoms with Gasteiger partial charge in [0, 0.05) is 12.7 Å². The maximum atomic E-state index is 11.7. The number of ether oxygens (including phenoxy) is 1. The Bertz CT molecular complexity index is 614. The molecule has 22 heavy (non-hydrogen) atoms. The molecule has 0 fully saturated rings. The second-order valence-electron chi connectivity index (χ2n) is 4.91.